The molecular formula is C13H20N2O4S. The van der Waals surface area contributed by atoms with Crippen LogP contribution in [0.25, 0.3) is 0 Å². The van der Waals surface area contributed by atoms with Gasteiger partial charge in [-0.1, -0.05) is 18.2 Å². The summed E-state index contributed by atoms with van der Waals surface area (Å²) in [7, 11) is -3.55. The number of ether oxygens (including phenoxy) is 1. The molecule has 2 atom stereocenters. The molecule has 0 aliphatic carbocycles. The number of sulfonamides is 1. The van der Waals surface area contributed by atoms with Crippen LogP contribution in [0.1, 0.15) is 18.9 Å². The Morgan fingerprint density at radius 3 is 2.80 bits per heavy atom. The van der Waals surface area contributed by atoms with Crippen LogP contribution in [0.3, 0.4) is 0 Å². The van der Waals surface area contributed by atoms with Crippen molar-refractivity contribution in [2.45, 2.75) is 30.8 Å². The first kappa shape index (κ1) is 15.2. The lowest BCUT2D eigenvalue weighted by atomic mass is 9.97. The van der Waals surface area contributed by atoms with Crippen LogP contribution in [-0.4, -0.2) is 38.4 Å². The molecule has 1 aromatic rings. The molecule has 4 N–H and O–H groups in total. The molecule has 0 bridgehead atoms. The second-order valence-corrected chi connectivity index (χ2v) is 6.95. The van der Waals surface area contributed by atoms with Gasteiger partial charge in [0.05, 0.1) is 11.9 Å². The van der Waals surface area contributed by atoms with E-state index < -0.39 is 15.6 Å². The predicted molar refractivity (Wildman–Crippen MR) is 76.5 cm³/mol. The molecule has 1 aromatic carbocycles. The number of nitrogens with one attached hydrogen (secondary N) is 1. The maximum atomic E-state index is 12.0. The zero-order valence-electron chi connectivity index (χ0n) is 11.4. The molecule has 20 heavy (non-hydrogen) atoms. The number of nitrogens with two attached hydrogens (primary N) is 1. The number of para-hydroxylation sites is 1. The smallest absolute Gasteiger partial charge is 0.215 e. The fourth-order valence-electron chi connectivity index (χ4n) is 2.16. The van der Waals surface area contributed by atoms with Gasteiger partial charge in [-0.05, 0) is 18.6 Å². The lowest BCUT2D eigenvalue weighted by molar-refractivity contribution is -0.0228. The molecule has 1 aliphatic heterocycles. The molecule has 2 rings (SSSR count). The molecule has 1 fully saturated rings. The molecular weight excluding hydrogens is 280 g/mol. The summed E-state index contributed by atoms with van der Waals surface area (Å²) in [6, 6.07) is 6.82. The van der Waals surface area contributed by atoms with E-state index in [4.69, 9.17) is 10.5 Å². The van der Waals surface area contributed by atoms with Crippen LogP contribution in [0, 0.1) is 0 Å². The zero-order valence-corrected chi connectivity index (χ0v) is 12.2. The molecule has 1 heterocycles. The highest BCUT2D eigenvalue weighted by Gasteiger charge is 2.40. The first-order valence-electron chi connectivity index (χ1n) is 6.47. The van der Waals surface area contributed by atoms with Gasteiger partial charge in [-0.3, -0.25) is 0 Å². The van der Waals surface area contributed by atoms with Gasteiger partial charge in [-0.15, -0.1) is 0 Å². The van der Waals surface area contributed by atoms with Gasteiger partial charge >= 0.3 is 0 Å². The second-order valence-electron chi connectivity index (χ2n) is 5.15. The summed E-state index contributed by atoms with van der Waals surface area (Å²) in [5.41, 5.74) is 5.57. The maximum Gasteiger partial charge on any atom is 0.215 e. The molecule has 2 unspecified atom stereocenters. The largest absolute Gasteiger partial charge is 0.398 e. The number of nitrogen functional groups attached to an aromatic ring is 1. The molecule has 0 spiro atoms. The SMILES string of the molecule is CC1OCCC1(O)CNS(=O)(=O)Cc1ccccc1N. The van der Waals surface area contributed by atoms with Crippen molar-refractivity contribution in [2.24, 2.45) is 0 Å². The van der Waals surface area contributed by atoms with Crippen molar-refractivity contribution >= 4 is 15.7 Å². The van der Waals surface area contributed by atoms with Crippen LogP contribution >= 0.6 is 0 Å². The third-order valence-corrected chi connectivity index (χ3v) is 4.93. The number of hydrogen-bond donors (Lipinski definition) is 3. The average Bonchev–Trinajstić information content (AvgIpc) is 2.71. The van der Waals surface area contributed by atoms with Gasteiger partial charge in [0.2, 0.25) is 10.0 Å². The Kier molecular flexibility index (Phi) is 4.33. The average molecular weight is 300 g/mol. The quantitative estimate of drug-likeness (QED) is 0.676. The van der Waals surface area contributed by atoms with Crippen LogP contribution in [0.2, 0.25) is 0 Å². The monoisotopic (exact) mass is 300 g/mol. The van der Waals surface area contributed by atoms with E-state index in [9.17, 15) is 13.5 Å². The van der Waals surface area contributed by atoms with Crippen molar-refractivity contribution in [3.05, 3.63) is 29.8 Å². The van der Waals surface area contributed by atoms with Crippen LogP contribution in [-0.2, 0) is 20.5 Å². The van der Waals surface area contributed by atoms with Gasteiger partial charge in [0.1, 0.15) is 5.60 Å². The van der Waals surface area contributed by atoms with Gasteiger partial charge in [0, 0.05) is 25.3 Å². The number of aliphatic hydroxyl groups is 1. The predicted octanol–water partition coefficient (Wildman–Crippen LogP) is 0.228. The van der Waals surface area contributed by atoms with E-state index in [2.05, 4.69) is 4.72 Å². The van der Waals surface area contributed by atoms with Crippen LogP contribution in [0.5, 0.6) is 0 Å². The molecule has 7 heteroatoms. The minimum absolute atomic E-state index is 0.0523. The molecule has 0 saturated carbocycles. The lowest BCUT2D eigenvalue weighted by Crippen LogP contribution is -2.47. The minimum atomic E-state index is -3.55. The standard InChI is InChI=1S/C13H20N2O4S/c1-10-13(16,6-7-19-10)9-15-20(17,18)8-11-4-2-3-5-12(11)14/h2-5,10,15-16H,6-9,14H2,1H3. The Hall–Kier alpha value is -1.15. The molecule has 1 saturated heterocycles. The normalized spacial score (nSPS) is 26.8. The summed E-state index contributed by atoms with van der Waals surface area (Å²) >= 11 is 0. The van der Waals surface area contributed by atoms with E-state index >= 15 is 0 Å². The fraction of sp³-hybridized carbons (Fsp3) is 0.538. The van der Waals surface area contributed by atoms with E-state index in [-0.39, 0.29) is 18.4 Å². The summed E-state index contributed by atoms with van der Waals surface area (Å²) < 4.78 is 31.8. The summed E-state index contributed by atoms with van der Waals surface area (Å²) in [6.45, 7) is 2.12. The Bertz CT molecular complexity index is 575. The van der Waals surface area contributed by atoms with Crippen LogP contribution in [0.15, 0.2) is 24.3 Å². The molecule has 6 nitrogen and oxygen atoms in total. The lowest BCUT2D eigenvalue weighted by Gasteiger charge is -2.26. The number of hydrogen-bond acceptors (Lipinski definition) is 5. The third kappa shape index (κ3) is 3.49. The Morgan fingerprint density at radius 1 is 1.50 bits per heavy atom. The number of rotatable bonds is 5. The molecule has 0 radical (unpaired) electrons. The first-order valence-corrected chi connectivity index (χ1v) is 8.12. The maximum absolute atomic E-state index is 12.0. The van der Waals surface area contributed by atoms with E-state index in [1.165, 1.54) is 0 Å². The van der Waals surface area contributed by atoms with Gasteiger partial charge < -0.3 is 15.6 Å². The summed E-state index contributed by atoms with van der Waals surface area (Å²) in [5.74, 6) is -0.203. The van der Waals surface area contributed by atoms with Crippen molar-refractivity contribution in [1.82, 2.24) is 4.72 Å². The van der Waals surface area contributed by atoms with Gasteiger partial charge in [-0.25, -0.2) is 13.1 Å². The second kappa shape index (κ2) is 5.69. The van der Waals surface area contributed by atoms with Crippen molar-refractivity contribution in [3.8, 4) is 0 Å². The summed E-state index contributed by atoms with van der Waals surface area (Å²) in [5, 5.41) is 10.3. The Morgan fingerprint density at radius 2 is 2.20 bits per heavy atom. The molecule has 112 valence electrons. The van der Waals surface area contributed by atoms with Gasteiger partial charge in [-0.2, -0.15) is 0 Å². The summed E-state index contributed by atoms with van der Waals surface area (Å²) in [4.78, 5) is 0. The summed E-state index contributed by atoms with van der Waals surface area (Å²) in [6.07, 6.45) is 0.0384. The van der Waals surface area contributed by atoms with Crippen molar-refractivity contribution < 1.29 is 18.3 Å². The third-order valence-electron chi connectivity index (χ3n) is 3.66. The van der Waals surface area contributed by atoms with Crippen LogP contribution < -0.4 is 10.5 Å². The van der Waals surface area contributed by atoms with Crippen molar-refractivity contribution in [3.63, 3.8) is 0 Å². The molecule has 1 aliphatic rings. The zero-order chi connectivity index (χ0) is 14.8. The Labute approximate surface area is 119 Å². The highest BCUT2D eigenvalue weighted by atomic mass is 32.2. The minimum Gasteiger partial charge on any atom is -0.398 e. The molecule has 0 aromatic heterocycles. The van der Waals surface area contributed by atoms with Crippen molar-refractivity contribution in [1.29, 1.82) is 0 Å². The number of anilines is 1. The topological polar surface area (TPSA) is 102 Å². The Balaban J connectivity index is 2.00. The van der Waals surface area contributed by atoms with Gasteiger partial charge in [0.25, 0.3) is 0 Å². The van der Waals surface area contributed by atoms with E-state index in [1.54, 1.807) is 31.2 Å². The van der Waals surface area contributed by atoms with Crippen molar-refractivity contribution in [2.75, 3.05) is 18.9 Å². The van der Waals surface area contributed by atoms with E-state index in [1.807, 2.05) is 0 Å². The first-order chi connectivity index (χ1) is 9.32. The number of benzene rings is 1. The van der Waals surface area contributed by atoms with Gasteiger partial charge in [0.15, 0.2) is 0 Å². The highest BCUT2D eigenvalue weighted by Crippen LogP contribution is 2.25. The molecule has 0 amide bonds. The van der Waals surface area contributed by atoms with Crippen LogP contribution in [0.4, 0.5) is 5.69 Å². The fourth-order valence-corrected chi connectivity index (χ4v) is 3.40. The van der Waals surface area contributed by atoms with E-state index in [0.717, 1.165) is 0 Å². The van der Waals surface area contributed by atoms with E-state index in [0.29, 0.717) is 24.3 Å². The highest BCUT2D eigenvalue weighted by molar-refractivity contribution is 7.88.